The second kappa shape index (κ2) is 7.43. The number of hydrogen-bond acceptors (Lipinski definition) is 3. The van der Waals surface area contributed by atoms with Crippen LogP contribution in [-0.4, -0.2) is 48.2 Å². The van der Waals surface area contributed by atoms with Crippen molar-refractivity contribution in [2.24, 2.45) is 5.92 Å². The van der Waals surface area contributed by atoms with E-state index in [1.165, 1.54) is 6.42 Å². The number of morpholine rings is 1. The molecular formula is C15H23NO4. The minimum absolute atomic E-state index is 0.00579. The number of aliphatic carboxylic acids is 1. The Morgan fingerprint density at radius 3 is 2.40 bits per heavy atom. The van der Waals surface area contributed by atoms with Crippen molar-refractivity contribution >= 4 is 11.9 Å². The van der Waals surface area contributed by atoms with Crippen molar-refractivity contribution in [3.63, 3.8) is 0 Å². The molecule has 5 heteroatoms. The maximum atomic E-state index is 12.1. The van der Waals surface area contributed by atoms with Crippen LogP contribution in [0.5, 0.6) is 0 Å². The SMILES string of the molecule is O=C(O)/C(=C\C1CCCCC1)CC(=O)N1CCOCC1. The summed E-state index contributed by atoms with van der Waals surface area (Å²) in [6, 6.07) is 0. The molecule has 1 heterocycles. The number of allylic oxidation sites excluding steroid dienone is 1. The normalized spacial score (nSPS) is 21.8. The molecule has 1 N–H and O–H groups in total. The van der Waals surface area contributed by atoms with Crippen LogP contribution in [-0.2, 0) is 14.3 Å². The second-order valence-electron chi connectivity index (χ2n) is 5.57. The Kier molecular flexibility index (Phi) is 5.59. The van der Waals surface area contributed by atoms with Crippen LogP contribution < -0.4 is 0 Å². The molecule has 0 spiro atoms. The van der Waals surface area contributed by atoms with Gasteiger partial charge in [-0.05, 0) is 18.8 Å². The third kappa shape index (κ3) is 4.34. The number of carbonyl (C=O) groups is 2. The van der Waals surface area contributed by atoms with Crippen molar-refractivity contribution in [3.05, 3.63) is 11.6 Å². The number of hydrogen-bond donors (Lipinski definition) is 1. The minimum Gasteiger partial charge on any atom is -0.478 e. The summed E-state index contributed by atoms with van der Waals surface area (Å²) in [5.41, 5.74) is 0.258. The van der Waals surface area contributed by atoms with E-state index in [0.717, 1.165) is 25.7 Å². The zero-order valence-corrected chi connectivity index (χ0v) is 11.8. The summed E-state index contributed by atoms with van der Waals surface area (Å²) in [6.07, 6.45) is 7.47. The van der Waals surface area contributed by atoms with Gasteiger partial charge < -0.3 is 14.7 Å². The van der Waals surface area contributed by atoms with Crippen LogP contribution in [0.2, 0.25) is 0 Å². The molecule has 1 amide bonds. The smallest absolute Gasteiger partial charge is 0.331 e. The van der Waals surface area contributed by atoms with Gasteiger partial charge in [-0.25, -0.2) is 4.79 Å². The average Bonchev–Trinajstić information content (AvgIpc) is 2.48. The lowest BCUT2D eigenvalue weighted by Gasteiger charge is -2.27. The van der Waals surface area contributed by atoms with Gasteiger partial charge in [-0.2, -0.15) is 0 Å². The van der Waals surface area contributed by atoms with Crippen molar-refractivity contribution in [1.82, 2.24) is 4.90 Å². The summed E-state index contributed by atoms with van der Waals surface area (Å²) in [7, 11) is 0. The van der Waals surface area contributed by atoms with Crippen LogP contribution in [0.1, 0.15) is 38.5 Å². The highest BCUT2D eigenvalue weighted by Gasteiger charge is 2.22. The van der Waals surface area contributed by atoms with E-state index in [-0.39, 0.29) is 17.9 Å². The molecule has 0 radical (unpaired) electrons. The third-order valence-corrected chi connectivity index (χ3v) is 4.07. The van der Waals surface area contributed by atoms with Crippen LogP contribution >= 0.6 is 0 Å². The fraction of sp³-hybridized carbons (Fsp3) is 0.733. The van der Waals surface area contributed by atoms with Gasteiger partial charge >= 0.3 is 5.97 Å². The molecule has 1 saturated carbocycles. The monoisotopic (exact) mass is 281 g/mol. The first-order valence-corrected chi connectivity index (χ1v) is 7.46. The van der Waals surface area contributed by atoms with Crippen molar-refractivity contribution in [2.75, 3.05) is 26.3 Å². The molecule has 0 aromatic rings. The zero-order valence-electron chi connectivity index (χ0n) is 11.8. The van der Waals surface area contributed by atoms with Gasteiger partial charge in [0.05, 0.1) is 19.6 Å². The van der Waals surface area contributed by atoms with Crippen LogP contribution in [0.15, 0.2) is 11.6 Å². The van der Waals surface area contributed by atoms with Gasteiger partial charge in [-0.15, -0.1) is 0 Å². The highest BCUT2D eigenvalue weighted by molar-refractivity contribution is 5.94. The molecular weight excluding hydrogens is 258 g/mol. The fourth-order valence-electron chi connectivity index (χ4n) is 2.88. The standard InChI is InChI=1S/C15H23NO4/c17-14(16-6-8-20-9-7-16)11-13(15(18)19)10-12-4-2-1-3-5-12/h10,12H,1-9,11H2,(H,18,19)/b13-10-. The molecule has 0 bridgehead atoms. The first kappa shape index (κ1) is 15.0. The van der Waals surface area contributed by atoms with Crippen molar-refractivity contribution in [3.8, 4) is 0 Å². The van der Waals surface area contributed by atoms with Gasteiger partial charge in [0.2, 0.25) is 5.91 Å². The predicted molar refractivity (Wildman–Crippen MR) is 74.3 cm³/mol. The summed E-state index contributed by atoms with van der Waals surface area (Å²) < 4.78 is 5.20. The van der Waals surface area contributed by atoms with E-state index in [4.69, 9.17) is 4.74 Å². The maximum absolute atomic E-state index is 12.1. The Labute approximate surface area is 119 Å². The van der Waals surface area contributed by atoms with Gasteiger partial charge in [0.15, 0.2) is 0 Å². The third-order valence-electron chi connectivity index (χ3n) is 4.07. The van der Waals surface area contributed by atoms with E-state index in [1.54, 1.807) is 4.90 Å². The summed E-state index contributed by atoms with van der Waals surface area (Å²) >= 11 is 0. The van der Waals surface area contributed by atoms with Gasteiger partial charge in [0.1, 0.15) is 0 Å². The Balaban J connectivity index is 1.95. The maximum Gasteiger partial charge on any atom is 0.331 e. The number of carboxylic acid groups (broad SMARTS) is 1. The largest absolute Gasteiger partial charge is 0.478 e. The number of rotatable bonds is 4. The van der Waals surface area contributed by atoms with E-state index >= 15 is 0 Å². The highest BCUT2D eigenvalue weighted by Crippen LogP contribution is 2.26. The van der Waals surface area contributed by atoms with Gasteiger partial charge in [-0.3, -0.25) is 4.79 Å². The first-order valence-electron chi connectivity index (χ1n) is 7.46. The van der Waals surface area contributed by atoms with Crippen LogP contribution in [0.4, 0.5) is 0 Å². The average molecular weight is 281 g/mol. The lowest BCUT2D eigenvalue weighted by atomic mass is 9.87. The number of ether oxygens (including phenoxy) is 1. The van der Waals surface area contributed by atoms with Crippen molar-refractivity contribution in [1.29, 1.82) is 0 Å². The Bertz CT molecular complexity index is 379. The first-order chi connectivity index (χ1) is 9.66. The minimum atomic E-state index is -0.961. The molecule has 0 aromatic carbocycles. The molecule has 1 aliphatic heterocycles. The van der Waals surface area contributed by atoms with Crippen molar-refractivity contribution < 1.29 is 19.4 Å². The van der Waals surface area contributed by atoms with Gasteiger partial charge in [-0.1, -0.05) is 25.3 Å². The van der Waals surface area contributed by atoms with E-state index in [1.807, 2.05) is 6.08 Å². The molecule has 1 aliphatic carbocycles. The number of carbonyl (C=O) groups excluding carboxylic acids is 1. The fourth-order valence-corrected chi connectivity index (χ4v) is 2.88. The molecule has 0 aromatic heterocycles. The van der Waals surface area contributed by atoms with Gasteiger partial charge in [0.25, 0.3) is 0 Å². The Morgan fingerprint density at radius 1 is 1.15 bits per heavy atom. The summed E-state index contributed by atoms with van der Waals surface area (Å²) in [5, 5.41) is 9.29. The summed E-state index contributed by atoms with van der Waals surface area (Å²) in [4.78, 5) is 25.1. The van der Waals surface area contributed by atoms with Gasteiger partial charge in [0, 0.05) is 18.7 Å². The molecule has 1 saturated heterocycles. The van der Waals surface area contributed by atoms with Crippen LogP contribution in [0.25, 0.3) is 0 Å². The Hall–Kier alpha value is -1.36. The van der Waals surface area contributed by atoms with E-state index in [0.29, 0.717) is 32.2 Å². The summed E-state index contributed by atoms with van der Waals surface area (Å²) in [5.74, 6) is -0.734. The molecule has 0 unspecified atom stereocenters. The molecule has 112 valence electrons. The molecule has 2 rings (SSSR count). The van der Waals surface area contributed by atoms with E-state index < -0.39 is 5.97 Å². The molecule has 0 atom stereocenters. The number of carboxylic acids is 1. The summed E-state index contributed by atoms with van der Waals surface area (Å²) in [6.45, 7) is 2.21. The molecule has 20 heavy (non-hydrogen) atoms. The predicted octanol–water partition coefficient (Wildman–Crippen LogP) is 1.83. The zero-order chi connectivity index (χ0) is 14.4. The lowest BCUT2D eigenvalue weighted by Crippen LogP contribution is -2.41. The number of nitrogens with zero attached hydrogens (tertiary/aromatic N) is 1. The van der Waals surface area contributed by atoms with E-state index in [9.17, 15) is 14.7 Å². The highest BCUT2D eigenvalue weighted by atomic mass is 16.5. The van der Waals surface area contributed by atoms with Crippen molar-refractivity contribution in [2.45, 2.75) is 38.5 Å². The lowest BCUT2D eigenvalue weighted by molar-refractivity contribution is -0.138. The quantitative estimate of drug-likeness (QED) is 0.798. The topological polar surface area (TPSA) is 66.8 Å². The Morgan fingerprint density at radius 2 is 1.80 bits per heavy atom. The molecule has 5 nitrogen and oxygen atoms in total. The molecule has 2 aliphatic rings. The molecule has 2 fully saturated rings. The van der Waals surface area contributed by atoms with Crippen LogP contribution in [0.3, 0.4) is 0 Å². The van der Waals surface area contributed by atoms with E-state index in [2.05, 4.69) is 0 Å². The second-order valence-corrected chi connectivity index (χ2v) is 5.57. The number of amides is 1. The van der Waals surface area contributed by atoms with Crippen LogP contribution in [0, 0.1) is 5.92 Å².